The molecular weight excluding hydrogens is 484 g/mol. The molecule has 0 N–H and O–H groups in total. The van der Waals surface area contributed by atoms with Crippen molar-refractivity contribution < 1.29 is 0 Å². The van der Waals surface area contributed by atoms with Crippen molar-refractivity contribution >= 4 is 33.6 Å². The summed E-state index contributed by atoms with van der Waals surface area (Å²) in [5.74, 6) is 0. The van der Waals surface area contributed by atoms with Crippen LogP contribution in [-0.2, 0) is 0 Å². The highest BCUT2D eigenvalue weighted by Crippen LogP contribution is 2.38. The number of rotatable bonds is 4. The minimum Gasteiger partial charge on any atom is -0.245 e. The lowest BCUT2D eigenvalue weighted by Gasteiger charge is -2.10. The van der Waals surface area contributed by atoms with Crippen molar-refractivity contribution in [2.45, 2.75) is 13.8 Å². The van der Waals surface area contributed by atoms with E-state index >= 15 is 0 Å². The third kappa shape index (κ3) is 4.24. The van der Waals surface area contributed by atoms with E-state index in [1.165, 1.54) is 21.9 Å². The lowest BCUT2D eigenvalue weighted by molar-refractivity contribution is 1.45. The van der Waals surface area contributed by atoms with Gasteiger partial charge in [0.25, 0.3) is 0 Å². The van der Waals surface area contributed by atoms with Crippen molar-refractivity contribution in [3.05, 3.63) is 156 Å². The van der Waals surface area contributed by atoms with E-state index in [4.69, 9.17) is 9.98 Å². The van der Waals surface area contributed by atoms with Crippen molar-refractivity contribution in [1.82, 2.24) is 0 Å². The van der Waals surface area contributed by atoms with Gasteiger partial charge in [0, 0.05) is 27.6 Å². The molecule has 40 heavy (non-hydrogen) atoms. The fourth-order valence-corrected chi connectivity index (χ4v) is 5.55. The van der Waals surface area contributed by atoms with Gasteiger partial charge in [0.2, 0.25) is 0 Å². The monoisotopic (exact) mass is 512 g/mol. The second-order valence-electron chi connectivity index (χ2n) is 10.4. The smallest absolute Gasteiger partial charge is 0.0979 e. The molecule has 0 unspecified atom stereocenters. The molecule has 0 bridgehead atoms. The highest BCUT2D eigenvalue weighted by molar-refractivity contribution is 6.61. The Morgan fingerprint density at radius 1 is 0.375 bits per heavy atom. The summed E-state index contributed by atoms with van der Waals surface area (Å²) in [5.41, 5.74) is 12.9. The van der Waals surface area contributed by atoms with Gasteiger partial charge >= 0.3 is 0 Å². The number of nitrogens with zero attached hydrogens (tertiary/aromatic N) is 2. The van der Waals surface area contributed by atoms with Gasteiger partial charge in [0.05, 0.1) is 22.8 Å². The summed E-state index contributed by atoms with van der Waals surface area (Å²) in [7, 11) is 0. The molecule has 6 aromatic rings. The van der Waals surface area contributed by atoms with Crippen LogP contribution < -0.4 is 0 Å². The fourth-order valence-electron chi connectivity index (χ4n) is 5.55. The summed E-state index contributed by atoms with van der Waals surface area (Å²) in [6.07, 6.45) is 0. The maximum absolute atomic E-state index is 5.37. The Kier molecular flexibility index (Phi) is 5.94. The van der Waals surface area contributed by atoms with Gasteiger partial charge in [-0.2, -0.15) is 0 Å². The second-order valence-corrected chi connectivity index (χ2v) is 10.4. The van der Waals surface area contributed by atoms with Crippen LogP contribution in [0.2, 0.25) is 0 Å². The van der Waals surface area contributed by atoms with Gasteiger partial charge in [-0.05, 0) is 42.5 Å². The minimum atomic E-state index is 0.907. The molecule has 2 heteroatoms. The number of hydrogen-bond donors (Lipinski definition) is 0. The molecule has 1 aliphatic carbocycles. The molecule has 0 atom stereocenters. The maximum Gasteiger partial charge on any atom is 0.0979 e. The van der Waals surface area contributed by atoms with Crippen LogP contribution in [0.15, 0.2) is 143 Å². The minimum absolute atomic E-state index is 0.907. The fraction of sp³-hybridized carbons (Fsp3) is 0.0526. The normalized spacial score (nSPS) is 14.3. The third-order valence-electron chi connectivity index (χ3n) is 7.64. The van der Waals surface area contributed by atoms with Gasteiger partial charge < -0.3 is 0 Å². The summed E-state index contributed by atoms with van der Waals surface area (Å²) >= 11 is 0. The number of aryl methyl sites for hydroxylation is 2. The first-order valence-electron chi connectivity index (χ1n) is 13.7. The molecule has 0 saturated heterocycles. The first kappa shape index (κ1) is 24.0. The molecule has 0 heterocycles. The number of benzene rings is 6. The summed E-state index contributed by atoms with van der Waals surface area (Å²) in [6.45, 7) is 4.23. The molecule has 0 spiro atoms. The molecule has 0 amide bonds. The highest BCUT2D eigenvalue weighted by Gasteiger charge is 2.27. The first-order chi connectivity index (χ1) is 19.7. The van der Waals surface area contributed by atoms with Crippen LogP contribution in [0.5, 0.6) is 0 Å². The first-order valence-corrected chi connectivity index (χ1v) is 13.7. The lowest BCUT2D eigenvalue weighted by atomic mass is 10.0. The van der Waals surface area contributed by atoms with Crippen LogP contribution in [0.1, 0.15) is 22.3 Å². The van der Waals surface area contributed by atoms with Crippen molar-refractivity contribution in [2.24, 2.45) is 9.98 Å². The predicted octanol–water partition coefficient (Wildman–Crippen LogP) is 10.0. The Balaban J connectivity index is 1.46. The van der Waals surface area contributed by atoms with Crippen LogP contribution >= 0.6 is 0 Å². The van der Waals surface area contributed by atoms with Gasteiger partial charge in [0.1, 0.15) is 0 Å². The van der Waals surface area contributed by atoms with E-state index < -0.39 is 0 Å². The Bertz CT molecular complexity index is 1800. The van der Waals surface area contributed by atoms with E-state index in [2.05, 4.69) is 147 Å². The van der Waals surface area contributed by atoms with Crippen LogP contribution in [-0.4, -0.2) is 11.4 Å². The Morgan fingerprint density at radius 2 is 0.775 bits per heavy atom. The van der Waals surface area contributed by atoms with Gasteiger partial charge in [-0.25, -0.2) is 9.98 Å². The molecule has 0 fully saturated rings. The molecule has 2 nitrogen and oxygen atoms in total. The van der Waals surface area contributed by atoms with Gasteiger partial charge in [-0.3, -0.25) is 0 Å². The lowest BCUT2D eigenvalue weighted by Crippen LogP contribution is -2.10. The molecule has 190 valence electrons. The van der Waals surface area contributed by atoms with Crippen molar-refractivity contribution in [2.75, 3.05) is 0 Å². The molecule has 7 rings (SSSR count). The highest BCUT2D eigenvalue weighted by atomic mass is 14.8. The molecule has 0 aliphatic heterocycles. The van der Waals surface area contributed by atoms with Crippen molar-refractivity contribution in [1.29, 1.82) is 0 Å². The topological polar surface area (TPSA) is 24.7 Å². The van der Waals surface area contributed by atoms with E-state index in [9.17, 15) is 0 Å². The average molecular weight is 513 g/mol. The van der Waals surface area contributed by atoms with E-state index in [0.29, 0.717) is 0 Å². The number of aliphatic imine (C=N–C) groups is 2. The summed E-state index contributed by atoms with van der Waals surface area (Å²) < 4.78 is 0. The molecular formula is C38H28N2. The van der Waals surface area contributed by atoms with Gasteiger partial charge in [-0.1, -0.05) is 132 Å². The SMILES string of the molecule is Cc1ccc(-c2ccccc2N=C2C(=Nc3ccccc3-c3ccc(C)cc3)c3cccc4cccc2c34)cc1. The second kappa shape index (κ2) is 9.91. The average Bonchev–Trinajstić information content (AvgIpc) is 3.28. The number of hydrogen-bond acceptors (Lipinski definition) is 2. The quantitative estimate of drug-likeness (QED) is 0.224. The maximum atomic E-state index is 5.37. The van der Waals surface area contributed by atoms with E-state index in [0.717, 1.165) is 56.2 Å². The Morgan fingerprint density at radius 3 is 1.23 bits per heavy atom. The van der Waals surface area contributed by atoms with Gasteiger partial charge in [0.15, 0.2) is 0 Å². The number of para-hydroxylation sites is 2. The largest absolute Gasteiger partial charge is 0.245 e. The Labute approximate surface area is 235 Å². The molecule has 0 aromatic heterocycles. The van der Waals surface area contributed by atoms with E-state index in [1.807, 2.05) is 0 Å². The summed E-state index contributed by atoms with van der Waals surface area (Å²) in [5, 5.41) is 2.41. The summed E-state index contributed by atoms with van der Waals surface area (Å²) in [4.78, 5) is 10.7. The van der Waals surface area contributed by atoms with E-state index in [-0.39, 0.29) is 0 Å². The molecule has 6 aromatic carbocycles. The van der Waals surface area contributed by atoms with Crippen LogP contribution in [0.25, 0.3) is 33.0 Å². The molecule has 1 aliphatic rings. The van der Waals surface area contributed by atoms with E-state index in [1.54, 1.807) is 0 Å². The zero-order valence-electron chi connectivity index (χ0n) is 22.6. The molecule has 0 saturated carbocycles. The van der Waals surface area contributed by atoms with Gasteiger partial charge in [-0.15, -0.1) is 0 Å². The molecule has 0 radical (unpaired) electrons. The van der Waals surface area contributed by atoms with Crippen LogP contribution in [0, 0.1) is 13.8 Å². The predicted molar refractivity (Wildman–Crippen MR) is 170 cm³/mol. The van der Waals surface area contributed by atoms with Crippen molar-refractivity contribution in [3.63, 3.8) is 0 Å². The summed E-state index contributed by atoms with van der Waals surface area (Å²) in [6, 6.07) is 47.0. The third-order valence-corrected chi connectivity index (χ3v) is 7.64. The zero-order valence-corrected chi connectivity index (χ0v) is 22.6. The Hall–Kier alpha value is -5.08. The zero-order chi connectivity index (χ0) is 27.1. The van der Waals surface area contributed by atoms with Crippen LogP contribution in [0.3, 0.4) is 0 Å². The standard InChI is InChI=1S/C38H28N2/c1-25-17-21-27(22-18-25)30-11-3-5-15-34(30)39-37-32-13-7-9-29-10-8-14-33(36(29)32)38(37)40-35-16-6-4-12-31(35)28-23-19-26(2)20-24-28/h3-24H,1-2H3. The van der Waals surface area contributed by atoms with Crippen LogP contribution in [0.4, 0.5) is 11.4 Å². The van der Waals surface area contributed by atoms with Crippen molar-refractivity contribution in [3.8, 4) is 22.3 Å².